The van der Waals surface area contributed by atoms with Crippen molar-refractivity contribution in [1.82, 2.24) is 25.1 Å². The zero-order valence-electron chi connectivity index (χ0n) is 20.4. The molecular weight excluding hydrogens is 414 g/mol. The lowest BCUT2D eigenvalue weighted by Gasteiger charge is -2.40. The molecule has 2 aromatic carbocycles. The Bertz CT molecular complexity index is 1040. The highest BCUT2D eigenvalue weighted by molar-refractivity contribution is 5.56. The van der Waals surface area contributed by atoms with Crippen molar-refractivity contribution in [2.45, 2.75) is 26.4 Å². The second kappa shape index (κ2) is 10.3. The van der Waals surface area contributed by atoms with Gasteiger partial charge in [0.15, 0.2) is 5.82 Å². The fourth-order valence-electron chi connectivity index (χ4n) is 4.52. The smallest absolute Gasteiger partial charge is 0.173 e. The molecule has 1 unspecified atom stereocenters. The molecule has 0 radical (unpaired) electrons. The van der Waals surface area contributed by atoms with Crippen LogP contribution in [0.1, 0.15) is 28.6 Å². The lowest BCUT2D eigenvalue weighted by molar-refractivity contribution is 0.171. The first-order valence-electron chi connectivity index (χ1n) is 11.6. The molecule has 3 aromatic rings. The number of aromatic nitrogens is 4. The summed E-state index contributed by atoms with van der Waals surface area (Å²) in [7, 11) is 5.82. The maximum Gasteiger partial charge on any atom is 0.173 e. The number of hydrogen-bond acceptors (Lipinski definition) is 7. The minimum Gasteiger partial charge on any atom is -0.383 e. The molecule has 0 amide bonds. The van der Waals surface area contributed by atoms with Gasteiger partial charge in [0.25, 0.3) is 0 Å². The average Bonchev–Trinajstić information content (AvgIpc) is 3.28. The van der Waals surface area contributed by atoms with E-state index in [-0.39, 0.29) is 6.04 Å². The summed E-state index contributed by atoms with van der Waals surface area (Å²) in [6, 6.07) is 15.3. The second-order valence-corrected chi connectivity index (χ2v) is 8.88. The number of methoxy groups -OCH3 is 1. The van der Waals surface area contributed by atoms with E-state index in [0.29, 0.717) is 13.2 Å². The Hall–Kier alpha value is -2.97. The van der Waals surface area contributed by atoms with Gasteiger partial charge in [0.1, 0.15) is 0 Å². The molecule has 8 heteroatoms. The Morgan fingerprint density at radius 1 is 1.00 bits per heavy atom. The largest absolute Gasteiger partial charge is 0.383 e. The molecule has 0 bridgehead atoms. The van der Waals surface area contributed by atoms with Crippen molar-refractivity contribution >= 4 is 11.4 Å². The highest BCUT2D eigenvalue weighted by atomic mass is 16.5. The van der Waals surface area contributed by atoms with Crippen LogP contribution in [-0.4, -0.2) is 79.1 Å². The summed E-state index contributed by atoms with van der Waals surface area (Å²) in [5.41, 5.74) is 6.42. The predicted molar refractivity (Wildman–Crippen MR) is 132 cm³/mol. The van der Waals surface area contributed by atoms with Crippen molar-refractivity contribution in [1.29, 1.82) is 0 Å². The number of nitrogens with zero attached hydrogens (tertiary/aromatic N) is 7. The SMILES string of the molecule is COCCn1nnnc1C(c1ccc(N(C)C)cc1)N1CCN(c2cccc(C)c2C)CC1. The minimum absolute atomic E-state index is 0.00572. The van der Waals surface area contributed by atoms with E-state index < -0.39 is 0 Å². The maximum absolute atomic E-state index is 5.28. The molecule has 0 aliphatic carbocycles. The van der Waals surface area contributed by atoms with Crippen LogP contribution in [0.2, 0.25) is 0 Å². The monoisotopic (exact) mass is 449 g/mol. The third-order valence-corrected chi connectivity index (χ3v) is 6.63. The van der Waals surface area contributed by atoms with Gasteiger partial charge in [-0.25, -0.2) is 4.68 Å². The summed E-state index contributed by atoms with van der Waals surface area (Å²) < 4.78 is 7.16. The van der Waals surface area contributed by atoms with Crippen LogP contribution in [-0.2, 0) is 11.3 Å². The molecule has 1 saturated heterocycles. The number of piperazine rings is 1. The van der Waals surface area contributed by atoms with Crippen LogP contribution in [0.3, 0.4) is 0 Å². The van der Waals surface area contributed by atoms with Crippen molar-refractivity contribution in [2.24, 2.45) is 0 Å². The number of hydrogen-bond donors (Lipinski definition) is 0. The van der Waals surface area contributed by atoms with Crippen molar-refractivity contribution < 1.29 is 4.74 Å². The van der Waals surface area contributed by atoms with E-state index >= 15 is 0 Å². The molecule has 0 saturated carbocycles. The molecule has 1 aliphatic heterocycles. The van der Waals surface area contributed by atoms with Crippen LogP contribution in [0.4, 0.5) is 11.4 Å². The number of ether oxygens (including phenoxy) is 1. The van der Waals surface area contributed by atoms with E-state index in [9.17, 15) is 0 Å². The molecule has 1 aliphatic rings. The van der Waals surface area contributed by atoms with Crippen LogP contribution in [0.15, 0.2) is 42.5 Å². The summed E-state index contributed by atoms with van der Waals surface area (Å²) in [6.07, 6.45) is 0. The Kier molecular flexibility index (Phi) is 7.25. The first kappa shape index (κ1) is 23.2. The van der Waals surface area contributed by atoms with Gasteiger partial charge in [0.05, 0.1) is 19.2 Å². The van der Waals surface area contributed by atoms with Crippen molar-refractivity contribution in [2.75, 3.05) is 63.8 Å². The van der Waals surface area contributed by atoms with Gasteiger partial charge in [-0.15, -0.1) is 5.10 Å². The molecular formula is C25H35N7O. The van der Waals surface area contributed by atoms with Gasteiger partial charge in [-0.3, -0.25) is 4.90 Å². The van der Waals surface area contributed by atoms with E-state index in [4.69, 9.17) is 4.74 Å². The number of tetrazole rings is 1. The third kappa shape index (κ3) is 5.02. The lowest BCUT2D eigenvalue weighted by Crippen LogP contribution is -2.48. The van der Waals surface area contributed by atoms with E-state index in [1.165, 1.54) is 28.1 Å². The quantitative estimate of drug-likeness (QED) is 0.524. The second-order valence-electron chi connectivity index (χ2n) is 8.88. The average molecular weight is 450 g/mol. The van der Waals surface area contributed by atoms with E-state index in [1.807, 2.05) is 4.68 Å². The van der Waals surface area contributed by atoms with Gasteiger partial charge in [0, 0.05) is 58.8 Å². The standard InChI is InChI=1S/C25H35N7O/c1-19-7-6-8-23(20(19)2)30-13-15-31(16-14-30)24(21-9-11-22(12-10-21)29(3)4)25-26-27-28-32(25)17-18-33-5/h6-12,24H,13-18H2,1-5H3. The van der Waals surface area contributed by atoms with Crippen LogP contribution < -0.4 is 9.80 Å². The van der Waals surface area contributed by atoms with Gasteiger partial charge < -0.3 is 14.5 Å². The van der Waals surface area contributed by atoms with Crippen LogP contribution in [0.25, 0.3) is 0 Å². The predicted octanol–water partition coefficient (Wildman–Crippen LogP) is 2.91. The maximum atomic E-state index is 5.28. The molecule has 8 nitrogen and oxygen atoms in total. The highest BCUT2D eigenvalue weighted by Crippen LogP contribution is 2.31. The molecule has 4 rings (SSSR count). The Morgan fingerprint density at radius 3 is 2.39 bits per heavy atom. The van der Waals surface area contributed by atoms with Crippen LogP contribution in [0, 0.1) is 13.8 Å². The molecule has 176 valence electrons. The summed E-state index contributed by atoms with van der Waals surface area (Å²) in [5.74, 6) is 0.866. The zero-order valence-corrected chi connectivity index (χ0v) is 20.4. The van der Waals surface area contributed by atoms with Gasteiger partial charge in [-0.05, 0) is 59.2 Å². The summed E-state index contributed by atoms with van der Waals surface area (Å²) in [6.45, 7) is 9.42. The minimum atomic E-state index is -0.00572. The van der Waals surface area contributed by atoms with E-state index in [1.54, 1.807) is 7.11 Å². The summed E-state index contributed by atoms with van der Waals surface area (Å²) in [4.78, 5) is 7.12. The molecule has 33 heavy (non-hydrogen) atoms. The number of rotatable bonds is 8. The number of benzene rings is 2. The van der Waals surface area contributed by atoms with E-state index in [2.05, 4.69) is 101 Å². The van der Waals surface area contributed by atoms with Crippen molar-refractivity contribution in [3.05, 3.63) is 65.0 Å². The normalized spacial score (nSPS) is 15.6. The van der Waals surface area contributed by atoms with Crippen molar-refractivity contribution in [3.8, 4) is 0 Å². The summed E-state index contributed by atoms with van der Waals surface area (Å²) >= 11 is 0. The Labute approximate surface area is 196 Å². The van der Waals surface area contributed by atoms with Gasteiger partial charge >= 0.3 is 0 Å². The van der Waals surface area contributed by atoms with Crippen LogP contribution >= 0.6 is 0 Å². The first-order valence-corrected chi connectivity index (χ1v) is 11.6. The van der Waals surface area contributed by atoms with Crippen LogP contribution in [0.5, 0.6) is 0 Å². The fraction of sp³-hybridized carbons (Fsp3) is 0.480. The highest BCUT2D eigenvalue weighted by Gasteiger charge is 2.31. The lowest BCUT2D eigenvalue weighted by atomic mass is 10.0. The topological polar surface area (TPSA) is 62.6 Å². The fourth-order valence-corrected chi connectivity index (χ4v) is 4.52. The third-order valence-electron chi connectivity index (χ3n) is 6.63. The van der Waals surface area contributed by atoms with Gasteiger partial charge in [-0.2, -0.15) is 0 Å². The number of anilines is 2. The van der Waals surface area contributed by atoms with E-state index in [0.717, 1.165) is 32.0 Å². The van der Waals surface area contributed by atoms with Crippen molar-refractivity contribution in [3.63, 3.8) is 0 Å². The van der Waals surface area contributed by atoms with Gasteiger partial charge in [-0.1, -0.05) is 24.3 Å². The zero-order chi connectivity index (χ0) is 23.4. The molecule has 0 N–H and O–H groups in total. The number of aryl methyl sites for hydroxylation is 1. The molecule has 2 heterocycles. The Balaban J connectivity index is 1.60. The molecule has 1 atom stereocenters. The molecule has 0 spiro atoms. The van der Waals surface area contributed by atoms with Gasteiger partial charge in [0.2, 0.25) is 0 Å². The first-order chi connectivity index (χ1) is 16.0. The Morgan fingerprint density at radius 2 is 1.73 bits per heavy atom. The molecule has 1 fully saturated rings. The summed E-state index contributed by atoms with van der Waals surface area (Å²) in [5, 5.41) is 12.7. The molecule has 1 aromatic heterocycles.